The monoisotopic (exact) mass is 876 g/mol. The van der Waals surface area contributed by atoms with E-state index in [0.29, 0.717) is 0 Å². The fourth-order valence-corrected chi connectivity index (χ4v) is 11.0. The number of aromatic hydroxyl groups is 1. The van der Waals surface area contributed by atoms with E-state index < -0.39 is 0 Å². The van der Waals surface area contributed by atoms with E-state index in [1.807, 2.05) is 54.6 Å². The second kappa shape index (κ2) is 16.5. The molecule has 2 aliphatic carbocycles. The molecule has 1 unspecified atom stereocenters. The van der Waals surface area contributed by atoms with E-state index in [2.05, 4.69) is 173 Å². The Labute approximate surface area is 396 Å². The largest absolute Gasteiger partial charge is 0.507 e. The number of furan rings is 1. The van der Waals surface area contributed by atoms with Gasteiger partial charge in [0.05, 0.1) is 17.1 Å². The van der Waals surface area contributed by atoms with Crippen molar-refractivity contribution >= 4 is 55.1 Å². The summed E-state index contributed by atoms with van der Waals surface area (Å²) in [6, 6.07) is 69.9. The molecule has 11 aromatic rings. The number of phenols is 1. The predicted molar refractivity (Wildman–Crippen MR) is 283 cm³/mol. The predicted octanol–water partition coefficient (Wildman–Crippen LogP) is 17.0. The molecule has 0 saturated carbocycles. The van der Waals surface area contributed by atoms with Crippen LogP contribution in [0.15, 0.2) is 223 Å². The number of benzene rings is 9. The molecule has 2 heterocycles. The minimum Gasteiger partial charge on any atom is -0.507 e. The van der Waals surface area contributed by atoms with Crippen LogP contribution in [0.1, 0.15) is 30.4 Å². The summed E-state index contributed by atoms with van der Waals surface area (Å²) in [6.07, 6.45) is 14.8. The molecule has 1 N–H and O–H groups in total. The second-order valence-electron chi connectivity index (χ2n) is 18.4. The fraction of sp³-hybridized carbons (Fsp3) is 0.0938. The van der Waals surface area contributed by atoms with Crippen molar-refractivity contribution in [3.63, 3.8) is 0 Å². The topological polar surface area (TPSA) is 41.5 Å². The van der Waals surface area contributed by atoms with Gasteiger partial charge in [-0.05, 0) is 167 Å². The van der Waals surface area contributed by atoms with Crippen molar-refractivity contribution in [2.75, 3.05) is 4.90 Å². The van der Waals surface area contributed by atoms with Gasteiger partial charge in [-0.2, -0.15) is 0 Å². The van der Waals surface area contributed by atoms with Crippen LogP contribution in [0.3, 0.4) is 0 Å². The molecule has 2 aliphatic rings. The number of hydrogen-bond acceptors (Lipinski definition) is 3. The molecule has 4 nitrogen and oxygen atoms in total. The highest BCUT2D eigenvalue weighted by Crippen LogP contribution is 2.42. The number of aromatic nitrogens is 1. The van der Waals surface area contributed by atoms with Crippen molar-refractivity contribution in [2.45, 2.75) is 38.1 Å². The van der Waals surface area contributed by atoms with E-state index in [1.165, 1.54) is 58.3 Å². The fourth-order valence-electron chi connectivity index (χ4n) is 11.0. The minimum absolute atomic E-state index is 0.269. The van der Waals surface area contributed by atoms with Gasteiger partial charge in [-0.3, -0.25) is 0 Å². The number of aryl methyl sites for hydroxylation is 1. The average Bonchev–Trinajstić information content (AvgIpc) is 3.94. The van der Waals surface area contributed by atoms with Gasteiger partial charge >= 0.3 is 0 Å². The quantitative estimate of drug-likeness (QED) is 0.165. The van der Waals surface area contributed by atoms with Gasteiger partial charge in [0, 0.05) is 44.2 Å². The van der Waals surface area contributed by atoms with Gasteiger partial charge in [0.15, 0.2) is 0 Å². The van der Waals surface area contributed by atoms with Crippen LogP contribution < -0.4 is 4.90 Å². The Morgan fingerprint density at radius 1 is 0.485 bits per heavy atom. The molecule has 2 aromatic heterocycles. The minimum atomic E-state index is 0.269. The van der Waals surface area contributed by atoms with Gasteiger partial charge in [0.25, 0.3) is 0 Å². The van der Waals surface area contributed by atoms with Crippen molar-refractivity contribution in [3.05, 3.63) is 230 Å². The van der Waals surface area contributed by atoms with Gasteiger partial charge in [0.1, 0.15) is 16.9 Å². The molecule has 0 radical (unpaired) electrons. The molecular formula is C64H48N2O2. The number of nitrogens with zero attached hydrogens (tertiary/aromatic N) is 2. The highest BCUT2D eigenvalue weighted by molar-refractivity contribution is 6.12. The summed E-state index contributed by atoms with van der Waals surface area (Å²) in [6.45, 7) is 0. The molecule has 1 atom stereocenters. The Morgan fingerprint density at radius 3 is 1.87 bits per heavy atom. The summed E-state index contributed by atoms with van der Waals surface area (Å²) in [7, 11) is 0. The zero-order valence-electron chi connectivity index (χ0n) is 37.6. The first-order valence-corrected chi connectivity index (χ1v) is 23.9. The highest BCUT2D eigenvalue weighted by atomic mass is 16.3. The smallest absolute Gasteiger partial charge is 0.135 e. The first kappa shape index (κ1) is 40.0. The molecule has 9 aromatic carbocycles. The molecule has 4 heteroatoms. The van der Waals surface area contributed by atoms with Gasteiger partial charge in [0.2, 0.25) is 0 Å². The summed E-state index contributed by atoms with van der Waals surface area (Å²) in [5.74, 6) is 0.269. The lowest BCUT2D eigenvalue weighted by atomic mass is 9.89. The van der Waals surface area contributed by atoms with Crippen molar-refractivity contribution < 1.29 is 9.52 Å². The first-order valence-electron chi connectivity index (χ1n) is 23.9. The normalized spacial score (nSPS) is 14.6. The number of fused-ring (bicyclic) bond motifs is 7. The van der Waals surface area contributed by atoms with Gasteiger partial charge < -0.3 is 19.0 Å². The Balaban J connectivity index is 0.895. The molecular weight excluding hydrogens is 829 g/mol. The number of anilines is 2. The Morgan fingerprint density at radius 2 is 1.12 bits per heavy atom. The van der Waals surface area contributed by atoms with Crippen molar-refractivity contribution in [1.29, 1.82) is 0 Å². The lowest BCUT2D eigenvalue weighted by Gasteiger charge is -2.35. The molecule has 0 bridgehead atoms. The summed E-state index contributed by atoms with van der Waals surface area (Å²) in [5.41, 5.74) is 19.3. The second-order valence-corrected chi connectivity index (χ2v) is 18.4. The summed E-state index contributed by atoms with van der Waals surface area (Å²) >= 11 is 0. The lowest BCUT2D eigenvalue weighted by Crippen LogP contribution is -2.31. The highest BCUT2D eigenvalue weighted by Gasteiger charge is 2.24. The third-order valence-electron chi connectivity index (χ3n) is 14.4. The molecule has 68 heavy (non-hydrogen) atoms. The zero-order valence-corrected chi connectivity index (χ0v) is 37.6. The van der Waals surface area contributed by atoms with E-state index in [4.69, 9.17) is 4.42 Å². The van der Waals surface area contributed by atoms with E-state index in [-0.39, 0.29) is 11.8 Å². The standard InChI is InChI=1S/C64H48N2O2/c67-62-36-28-48(38-55(62)45-12-3-1-4-13-45)46-26-34-60-56(39-46)57-40-47(49-29-37-64-58(41-49)54-19-9-10-21-63(54)68-64)27-35-61(57)66(60)52-32-24-43(25-33-52)42-22-30-51(31-23-42)65(50-16-5-2-6-17-50)59-20-11-15-44-14-7-8-18-53(44)59/h1-6,9-13,15-16,19-41,50,67H,7-8,14,17-18H2. The molecule has 0 fully saturated rings. The average molecular weight is 877 g/mol. The summed E-state index contributed by atoms with van der Waals surface area (Å²) in [4.78, 5) is 2.57. The maximum Gasteiger partial charge on any atom is 0.135 e. The number of rotatable bonds is 8. The third kappa shape index (κ3) is 6.91. The third-order valence-corrected chi connectivity index (χ3v) is 14.4. The van der Waals surface area contributed by atoms with E-state index >= 15 is 0 Å². The van der Waals surface area contributed by atoms with Crippen molar-refractivity contribution in [3.8, 4) is 55.9 Å². The van der Waals surface area contributed by atoms with E-state index in [0.717, 1.165) is 90.3 Å². The van der Waals surface area contributed by atoms with Crippen LogP contribution in [0.2, 0.25) is 0 Å². The van der Waals surface area contributed by atoms with Crippen LogP contribution in [0.4, 0.5) is 11.4 Å². The summed E-state index contributed by atoms with van der Waals surface area (Å²) < 4.78 is 8.60. The SMILES string of the molecule is Oc1ccc(-c2ccc3c(c2)c2cc(-c4ccc5oc6ccccc6c5c4)ccc2n3-c2ccc(-c3ccc(N(c4cccc5c4CCCC5)C4C=CC=CC4)cc3)cc2)cc1-c1ccccc1. The molecule has 0 amide bonds. The number of phenolic OH excluding ortho intramolecular Hbond substituents is 1. The van der Waals surface area contributed by atoms with Crippen LogP contribution in [0.25, 0.3) is 93.9 Å². The van der Waals surface area contributed by atoms with Crippen LogP contribution in [0, 0.1) is 0 Å². The van der Waals surface area contributed by atoms with E-state index in [1.54, 1.807) is 0 Å². The lowest BCUT2D eigenvalue weighted by molar-refractivity contribution is 0.477. The number of hydrogen-bond donors (Lipinski definition) is 1. The van der Waals surface area contributed by atoms with Crippen LogP contribution in [-0.2, 0) is 12.8 Å². The Kier molecular flexibility index (Phi) is 9.71. The molecule has 0 aliphatic heterocycles. The Bertz CT molecular complexity index is 3780. The molecule has 13 rings (SSSR count). The van der Waals surface area contributed by atoms with Gasteiger partial charge in [-0.15, -0.1) is 0 Å². The van der Waals surface area contributed by atoms with Gasteiger partial charge in [-0.25, -0.2) is 0 Å². The van der Waals surface area contributed by atoms with Crippen molar-refractivity contribution in [1.82, 2.24) is 4.57 Å². The maximum absolute atomic E-state index is 11.0. The number of allylic oxidation sites excluding steroid dienone is 2. The van der Waals surface area contributed by atoms with Gasteiger partial charge in [-0.1, -0.05) is 133 Å². The van der Waals surface area contributed by atoms with Crippen molar-refractivity contribution in [2.24, 2.45) is 0 Å². The molecule has 326 valence electrons. The first-order chi connectivity index (χ1) is 33.6. The zero-order chi connectivity index (χ0) is 45.1. The van der Waals surface area contributed by atoms with Crippen LogP contribution in [0.5, 0.6) is 5.75 Å². The van der Waals surface area contributed by atoms with Crippen LogP contribution in [-0.4, -0.2) is 15.7 Å². The van der Waals surface area contributed by atoms with E-state index in [9.17, 15) is 5.11 Å². The maximum atomic E-state index is 11.0. The van der Waals surface area contributed by atoms with Crippen LogP contribution >= 0.6 is 0 Å². The Hall–Kier alpha value is -8.34. The summed E-state index contributed by atoms with van der Waals surface area (Å²) in [5, 5.41) is 15.5. The molecule has 0 saturated heterocycles. The number of para-hydroxylation sites is 1. The molecule has 0 spiro atoms.